The number of aliphatic hydroxyl groups is 1. The molecule has 0 radical (unpaired) electrons. The van der Waals surface area contributed by atoms with E-state index in [1.807, 2.05) is 0 Å². The van der Waals surface area contributed by atoms with Crippen molar-refractivity contribution in [3.8, 4) is 0 Å². The maximum absolute atomic E-state index is 9.31. The monoisotopic (exact) mass is 206 g/mol. The van der Waals surface area contributed by atoms with Crippen molar-refractivity contribution in [1.82, 2.24) is 4.98 Å². The zero-order valence-electron chi connectivity index (χ0n) is 6.17. The summed E-state index contributed by atoms with van der Waals surface area (Å²) in [5, 5.41) is 9.99. The first kappa shape index (κ1) is 9.74. The SMILES string of the molecule is NCC(O)c1cnc(Cl)cc1Cl. The van der Waals surface area contributed by atoms with Crippen LogP contribution in [-0.2, 0) is 0 Å². The smallest absolute Gasteiger partial charge is 0.130 e. The van der Waals surface area contributed by atoms with Crippen LogP contribution < -0.4 is 5.73 Å². The average Bonchev–Trinajstić information content (AvgIpc) is 2.03. The van der Waals surface area contributed by atoms with Gasteiger partial charge in [0.25, 0.3) is 0 Å². The minimum absolute atomic E-state index is 0.114. The summed E-state index contributed by atoms with van der Waals surface area (Å²) in [6.07, 6.45) is 0.643. The minimum Gasteiger partial charge on any atom is -0.387 e. The largest absolute Gasteiger partial charge is 0.387 e. The molecule has 1 rings (SSSR count). The van der Waals surface area contributed by atoms with Crippen LogP contribution in [0.4, 0.5) is 0 Å². The van der Waals surface area contributed by atoms with Gasteiger partial charge < -0.3 is 10.8 Å². The molecule has 3 N–H and O–H groups in total. The normalized spacial score (nSPS) is 13.0. The fourth-order valence-electron chi connectivity index (χ4n) is 0.790. The van der Waals surface area contributed by atoms with Crippen LogP contribution in [0.1, 0.15) is 11.7 Å². The molecule has 0 bridgehead atoms. The van der Waals surface area contributed by atoms with Gasteiger partial charge in [0.05, 0.1) is 11.1 Å². The molecule has 1 aromatic rings. The second-order valence-corrected chi connectivity index (χ2v) is 3.07. The molecule has 0 amide bonds. The van der Waals surface area contributed by atoms with Crippen molar-refractivity contribution in [2.45, 2.75) is 6.10 Å². The number of hydrogen-bond donors (Lipinski definition) is 2. The lowest BCUT2D eigenvalue weighted by Crippen LogP contribution is -2.12. The zero-order valence-corrected chi connectivity index (χ0v) is 7.68. The fraction of sp³-hybridized carbons (Fsp3) is 0.286. The summed E-state index contributed by atoms with van der Waals surface area (Å²) in [7, 11) is 0. The van der Waals surface area contributed by atoms with E-state index in [1.165, 1.54) is 12.3 Å². The van der Waals surface area contributed by atoms with Gasteiger partial charge in [-0.1, -0.05) is 23.2 Å². The number of pyridine rings is 1. The standard InChI is InChI=1S/C7H8Cl2N2O/c8-5-1-7(9)11-3-4(5)6(12)2-10/h1,3,6,12H,2,10H2. The Morgan fingerprint density at radius 3 is 2.75 bits per heavy atom. The highest BCUT2D eigenvalue weighted by molar-refractivity contribution is 6.34. The third-order valence-corrected chi connectivity index (χ3v) is 1.96. The van der Waals surface area contributed by atoms with Crippen molar-refractivity contribution in [2.24, 2.45) is 5.73 Å². The number of nitrogens with two attached hydrogens (primary N) is 1. The molecule has 0 spiro atoms. The summed E-state index contributed by atoms with van der Waals surface area (Å²) in [5.41, 5.74) is 5.74. The van der Waals surface area contributed by atoms with Crippen LogP contribution in [0.5, 0.6) is 0 Å². The zero-order chi connectivity index (χ0) is 9.14. The van der Waals surface area contributed by atoms with Crippen LogP contribution in [0.3, 0.4) is 0 Å². The first-order valence-corrected chi connectivity index (χ1v) is 4.10. The molecule has 1 unspecified atom stereocenters. The number of aliphatic hydroxyl groups excluding tert-OH is 1. The molecule has 0 aliphatic rings. The molecule has 12 heavy (non-hydrogen) atoms. The molecule has 66 valence electrons. The lowest BCUT2D eigenvalue weighted by molar-refractivity contribution is 0.186. The quantitative estimate of drug-likeness (QED) is 0.720. The van der Waals surface area contributed by atoms with E-state index in [9.17, 15) is 5.11 Å². The number of aromatic nitrogens is 1. The number of hydrogen-bond acceptors (Lipinski definition) is 3. The van der Waals surface area contributed by atoms with Gasteiger partial charge in [-0.2, -0.15) is 0 Å². The lowest BCUT2D eigenvalue weighted by atomic mass is 10.2. The van der Waals surface area contributed by atoms with E-state index < -0.39 is 6.10 Å². The summed E-state index contributed by atoms with van der Waals surface area (Å²) in [6, 6.07) is 1.47. The van der Waals surface area contributed by atoms with Crippen LogP contribution in [0.15, 0.2) is 12.3 Å². The van der Waals surface area contributed by atoms with Gasteiger partial charge in [-0.25, -0.2) is 4.98 Å². The van der Waals surface area contributed by atoms with Gasteiger partial charge in [-0.05, 0) is 6.07 Å². The maximum Gasteiger partial charge on any atom is 0.130 e. The Labute approximate surface area is 80.1 Å². The molecular formula is C7H8Cl2N2O. The Morgan fingerprint density at radius 2 is 2.25 bits per heavy atom. The molecule has 1 aromatic heterocycles. The van der Waals surface area contributed by atoms with Crippen LogP contribution in [-0.4, -0.2) is 16.6 Å². The van der Waals surface area contributed by atoms with Gasteiger partial charge in [-0.15, -0.1) is 0 Å². The van der Waals surface area contributed by atoms with Crippen LogP contribution >= 0.6 is 23.2 Å². The van der Waals surface area contributed by atoms with E-state index in [1.54, 1.807) is 0 Å². The minimum atomic E-state index is -0.776. The van der Waals surface area contributed by atoms with Gasteiger partial charge in [0, 0.05) is 18.3 Å². The molecule has 0 saturated carbocycles. The summed E-state index contributed by atoms with van der Waals surface area (Å²) in [4.78, 5) is 3.77. The van der Waals surface area contributed by atoms with Crippen molar-refractivity contribution >= 4 is 23.2 Å². The van der Waals surface area contributed by atoms with E-state index in [2.05, 4.69) is 4.98 Å². The first-order valence-electron chi connectivity index (χ1n) is 3.34. The third-order valence-electron chi connectivity index (χ3n) is 1.43. The topological polar surface area (TPSA) is 59.1 Å². The van der Waals surface area contributed by atoms with E-state index in [0.717, 1.165) is 0 Å². The van der Waals surface area contributed by atoms with Crippen molar-refractivity contribution in [3.63, 3.8) is 0 Å². The number of halogens is 2. The van der Waals surface area contributed by atoms with Gasteiger partial charge in [0.15, 0.2) is 0 Å². The second-order valence-electron chi connectivity index (χ2n) is 2.28. The number of rotatable bonds is 2. The van der Waals surface area contributed by atoms with Crippen LogP contribution in [0, 0.1) is 0 Å². The lowest BCUT2D eigenvalue weighted by Gasteiger charge is -2.08. The Morgan fingerprint density at radius 1 is 1.58 bits per heavy atom. The molecule has 1 atom stereocenters. The molecule has 0 saturated heterocycles. The Hall–Kier alpha value is -0.350. The van der Waals surface area contributed by atoms with E-state index in [4.69, 9.17) is 28.9 Å². The van der Waals surface area contributed by atoms with E-state index in [0.29, 0.717) is 15.7 Å². The third kappa shape index (κ3) is 2.08. The number of nitrogens with zero attached hydrogens (tertiary/aromatic N) is 1. The summed E-state index contributed by atoms with van der Waals surface area (Å²) in [6.45, 7) is 0.114. The molecule has 0 aliphatic heterocycles. The Bertz CT molecular complexity index is 280. The fourth-order valence-corrected chi connectivity index (χ4v) is 1.28. The van der Waals surface area contributed by atoms with Crippen molar-refractivity contribution in [2.75, 3.05) is 6.54 Å². The van der Waals surface area contributed by atoms with Crippen molar-refractivity contribution in [1.29, 1.82) is 0 Å². The van der Waals surface area contributed by atoms with E-state index in [-0.39, 0.29) is 6.54 Å². The van der Waals surface area contributed by atoms with Gasteiger partial charge in [0.2, 0.25) is 0 Å². The first-order chi connectivity index (χ1) is 5.65. The highest BCUT2D eigenvalue weighted by Crippen LogP contribution is 2.23. The molecule has 3 nitrogen and oxygen atoms in total. The van der Waals surface area contributed by atoms with Crippen LogP contribution in [0.25, 0.3) is 0 Å². The molecule has 0 aromatic carbocycles. The second kappa shape index (κ2) is 4.05. The van der Waals surface area contributed by atoms with Gasteiger partial charge in [0.1, 0.15) is 5.15 Å². The molecule has 1 heterocycles. The molecule has 0 fully saturated rings. The van der Waals surface area contributed by atoms with Crippen molar-refractivity contribution in [3.05, 3.63) is 28.0 Å². The summed E-state index contributed by atoms with van der Waals surface area (Å²) < 4.78 is 0. The van der Waals surface area contributed by atoms with Gasteiger partial charge in [-0.3, -0.25) is 0 Å². The maximum atomic E-state index is 9.31. The summed E-state index contributed by atoms with van der Waals surface area (Å²) >= 11 is 11.3. The van der Waals surface area contributed by atoms with Gasteiger partial charge >= 0.3 is 0 Å². The van der Waals surface area contributed by atoms with E-state index >= 15 is 0 Å². The molecule has 0 aliphatic carbocycles. The average molecular weight is 207 g/mol. The predicted octanol–water partition coefficient (Wildman–Crippen LogP) is 1.38. The van der Waals surface area contributed by atoms with Crippen molar-refractivity contribution < 1.29 is 5.11 Å². The molecule has 5 heteroatoms. The molecular weight excluding hydrogens is 199 g/mol. The highest BCUT2D eigenvalue weighted by Gasteiger charge is 2.10. The Balaban J connectivity index is 3.01. The summed E-state index contributed by atoms with van der Waals surface area (Å²) in [5.74, 6) is 0. The highest BCUT2D eigenvalue weighted by atomic mass is 35.5. The predicted molar refractivity (Wildman–Crippen MR) is 48.3 cm³/mol. The Kier molecular flexibility index (Phi) is 3.29. The van der Waals surface area contributed by atoms with Crippen LogP contribution in [0.2, 0.25) is 10.2 Å².